The third-order valence-corrected chi connectivity index (χ3v) is 7.12. The largest absolute Gasteiger partial charge is 0.487 e. The zero-order chi connectivity index (χ0) is 24.8. The number of nitrogens with zero attached hydrogens (tertiary/aromatic N) is 1. The molecule has 8 heteroatoms. The number of methoxy groups -OCH3 is 1. The number of fused-ring (bicyclic) bond motifs is 1. The number of amides is 2. The Balaban J connectivity index is 1.48. The molecule has 0 aromatic heterocycles. The van der Waals surface area contributed by atoms with Crippen LogP contribution >= 0.6 is 0 Å². The molecule has 186 valence electrons. The van der Waals surface area contributed by atoms with Gasteiger partial charge in [-0.15, -0.1) is 0 Å². The topological polar surface area (TPSA) is 104 Å². The van der Waals surface area contributed by atoms with E-state index in [4.69, 9.17) is 14.9 Å². The fourth-order valence-corrected chi connectivity index (χ4v) is 5.44. The number of carbonyl (C=O) groups excluding carboxylic acids is 2. The summed E-state index contributed by atoms with van der Waals surface area (Å²) in [5.74, 6) is 0.698. The Labute approximate surface area is 202 Å². The predicted molar refractivity (Wildman–Crippen MR) is 130 cm³/mol. The Morgan fingerprint density at radius 1 is 1.35 bits per heavy atom. The van der Waals surface area contributed by atoms with Gasteiger partial charge in [-0.3, -0.25) is 19.9 Å². The van der Waals surface area contributed by atoms with Gasteiger partial charge in [0.2, 0.25) is 11.8 Å². The van der Waals surface area contributed by atoms with Crippen molar-refractivity contribution < 1.29 is 19.1 Å². The van der Waals surface area contributed by atoms with Gasteiger partial charge >= 0.3 is 0 Å². The molecule has 1 aliphatic carbocycles. The smallest absolute Gasteiger partial charge is 0.231 e. The second-order valence-corrected chi connectivity index (χ2v) is 11.3. The van der Waals surface area contributed by atoms with Gasteiger partial charge in [-0.25, -0.2) is 0 Å². The highest BCUT2D eigenvalue weighted by molar-refractivity contribution is 5.99. The van der Waals surface area contributed by atoms with Crippen molar-refractivity contribution in [1.82, 2.24) is 15.5 Å². The van der Waals surface area contributed by atoms with Crippen molar-refractivity contribution in [2.45, 2.75) is 83.5 Å². The van der Waals surface area contributed by atoms with Crippen LogP contribution in [-0.4, -0.2) is 53.6 Å². The lowest BCUT2D eigenvalue weighted by Gasteiger charge is -2.42. The third kappa shape index (κ3) is 5.06. The minimum absolute atomic E-state index is 0.00548. The standard InChI is InChI=1S/C26H38N4O4/c1-15-7-8-16-19(13-26(4,5)34-21(16)11-15)28-23(32)18-12-17(18)20(9-10-33-6)30-22(31)14-25(2,3)29-24(30)27/h7-8,11,17-20H,9-10,12-14H2,1-6H3,(H2,27,29)(H,28,32)/t17-,18-,19?,20-/m1/s1. The van der Waals surface area contributed by atoms with E-state index in [1.807, 2.05) is 52.8 Å². The fraction of sp³-hybridized carbons (Fsp3) is 0.654. The SMILES string of the molecule is COCC[C@H]([C@@H]1C[C@H]1C(=O)NC1CC(C)(C)Oc2cc(C)ccc21)N1C(=N)NC(C)(C)CC1=O. The lowest BCUT2D eigenvalue weighted by atomic mass is 9.89. The normalized spacial score (nSPS) is 27.8. The Hall–Kier alpha value is -2.61. The number of hydrogen-bond acceptors (Lipinski definition) is 5. The van der Waals surface area contributed by atoms with Crippen LogP contribution in [0.3, 0.4) is 0 Å². The molecule has 2 fully saturated rings. The summed E-state index contributed by atoms with van der Waals surface area (Å²) in [6.07, 6.45) is 2.30. The summed E-state index contributed by atoms with van der Waals surface area (Å²) >= 11 is 0. The molecule has 1 aromatic rings. The number of hydrogen-bond donors (Lipinski definition) is 3. The average molecular weight is 471 g/mol. The molecule has 2 amide bonds. The number of benzene rings is 1. The molecular formula is C26H38N4O4. The van der Waals surface area contributed by atoms with E-state index in [9.17, 15) is 9.59 Å². The first kappa shape index (κ1) is 24.5. The van der Waals surface area contributed by atoms with Gasteiger partial charge in [0.15, 0.2) is 5.96 Å². The summed E-state index contributed by atoms with van der Waals surface area (Å²) in [5.41, 5.74) is 1.30. The van der Waals surface area contributed by atoms with Crippen molar-refractivity contribution in [2.24, 2.45) is 11.8 Å². The van der Waals surface area contributed by atoms with E-state index in [1.54, 1.807) is 12.0 Å². The van der Waals surface area contributed by atoms with Crippen LogP contribution in [-0.2, 0) is 14.3 Å². The molecule has 4 rings (SSSR count). The maximum Gasteiger partial charge on any atom is 0.231 e. The number of aryl methyl sites for hydroxylation is 1. The second kappa shape index (κ2) is 8.87. The lowest BCUT2D eigenvalue weighted by molar-refractivity contribution is -0.133. The zero-order valence-corrected chi connectivity index (χ0v) is 21.2. The van der Waals surface area contributed by atoms with Crippen molar-refractivity contribution in [3.8, 4) is 5.75 Å². The first-order valence-electron chi connectivity index (χ1n) is 12.2. The van der Waals surface area contributed by atoms with E-state index in [0.717, 1.165) is 16.9 Å². The van der Waals surface area contributed by atoms with Crippen LogP contribution in [0.2, 0.25) is 0 Å². The molecule has 8 nitrogen and oxygen atoms in total. The molecular weight excluding hydrogens is 432 g/mol. The minimum atomic E-state index is -0.446. The number of carbonyl (C=O) groups is 2. The molecule has 4 atom stereocenters. The number of ether oxygens (including phenoxy) is 2. The summed E-state index contributed by atoms with van der Waals surface area (Å²) < 4.78 is 11.5. The summed E-state index contributed by atoms with van der Waals surface area (Å²) in [5, 5.41) is 14.9. The Morgan fingerprint density at radius 3 is 2.76 bits per heavy atom. The summed E-state index contributed by atoms with van der Waals surface area (Å²) in [4.78, 5) is 27.9. The van der Waals surface area contributed by atoms with Gasteiger partial charge in [0.05, 0.1) is 6.04 Å². The maximum absolute atomic E-state index is 13.3. The van der Waals surface area contributed by atoms with Gasteiger partial charge in [-0.2, -0.15) is 0 Å². The maximum atomic E-state index is 13.3. The van der Waals surface area contributed by atoms with Gasteiger partial charge in [-0.1, -0.05) is 12.1 Å². The van der Waals surface area contributed by atoms with E-state index in [1.165, 1.54) is 0 Å². The first-order valence-corrected chi connectivity index (χ1v) is 12.2. The van der Waals surface area contributed by atoms with Gasteiger partial charge in [-0.05, 0) is 65.0 Å². The van der Waals surface area contributed by atoms with E-state index in [-0.39, 0.29) is 47.3 Å². The Bertz CT molecular complexity index is 969. The van der Waals surface area contributed by atoms with Crippen molar-refractivity contribution in [1.29, 1.82) is 5.41 Å². The van der Waals surface area contributed by atoms with Crippen LogP contribution in [0, 0.1) is 24.2 Å². The highest BCUT2D eigenvalue weighted by Crippen LogP contribution is 2.46. The molecule has 0 bridgehead atoms. The molecule has 1 unspecified atom stereocenters. The molecule has 1 aromatic carbocycles. The Kier molecular flexibility index (Phi) is 6.40. The molecule has 2 heterocycles. The van der Waals surface area contributed by atoms with Crippen LogP contribution in [0.4, 0.5) is 0 Å². The average Bonchev–Trinajstić information content (AvgIpc) is 3.48. The van der Waals surface area contributed by atoms with Crippen LogP contribution < -0.4 is 15.4 Å². The minimum Gasteiger partial charge on any atom is -0.487 e. The second-order valence-electron chi connectivity index (χ2n) is 11.3. The fourth-order valence-electron chi connectivity index (χ4n) is 5.44. The monoisotopic (exact) mass is 470 g/mol. The van der Waals surface area contributed by atoms with Gasteiger partial charge in [0, 0.05) is 49.6 Å². The van der Waals surface area contributed by atoms with Gasteiger partial charge in [0.1, 0.15) is 11.4 Å². The predicted octanol–water partition coefficient (Wildman–Crippen LogP) is 3.29. The van der Waals surface area contributed by atoms with Crippen molar-refractivity contribution >= 4 is 17.8 Å². The Morgan fingerprint density at radius 2 is 2.09 bits per heavy atom. The molecule has 0 radical (unpaired) electrons. The molecule has 3 aliphatic rings. The highest BCUT2D eigenvalue weighted by atomic mass is 16.5. The molecule has 34 heavy (non-hydrogen) atoms. The molecule has 1 saturated heterocycles. The van der Waals surface area contributed by atoms with E-state index < -0.39 is 5.54 Å². The molecule has 3 N–H and O–H groups in total. The first-order chi connectivity index (χ1) is 15.9. The van der Waals surface area contributed by atoms with Crippen LogP contribution in [0.15, 0.2) is 18.2 Å². The lowest BCUT2D eigenvalue weighted by Crippen LogP contribution is -2.63. The summed E-state index contributed by atoms with van der Waals surface area (Å²) in [6.45, 7) is 10.4. The molecule has 0 spiro atoms. The zero-order valence-electron chi connectivity index (χ0n) is 21.2. The van der Waals surface area contributed by atoms with E-state index >= 15 is 0 Å². The summed E-state index contributed by atoms with van der Waals surface area (Å²) in [6, 6.07) is 5.75. The van der Waals surface area contributed by atoms with Crippen molar-refractivity contribution in [3.63, 3.8) is 0 Å². The number of guanidine groups is 1. The van der Waals surface area contributed by atoms with Crippen LogP contribution in [0.1, 0.15) is 70.5 Å². The summed E-state index contributed by atoms with van der Waals surface area (Å²) in [7, 11) is 1.63. The van der Waals surface area contributed by atoms with Gasteiger partial charge < -0.3 is 20.1 Å². The van der Waals surface area contributed by atoms with Gasteiger partial charge in [0.25, 0.3) is 0 Å². The van der Waals surface area contributed by atoms with E-state index in [0.29, 0.717) is 32.3 Å². The number of nitrogens with one attached hydrogen (secondary N) is 3. The van der Waals surface area contributed by atoms with Crippen LogP contribution in [0.25, 0.3) is 0 Å². The molecule has 2 aliphatic heterocycles. The van der Waals surface area contributed by atoms with E-state index in [2.05, 4.69) is 10.6 Å². The van der Waals surface area contributed by atoms with Crippen molar-refractivity contribution in [3.05, 3.63) is 29.3 Å². The molecule has 1 saturated carbocycles. The third-order valence-electron chi connectivity index (χ3n) is 7.12. The van der Waals surface area contributed by atoms with Crippen molar-refractivity contribution in [2.75, 3.05) is 13.7 Å². The highest BCUT2D eigenvalue weighted by Gasteiger charge is 2.53. The quantitative estimate of drug-likeness (QED) is 0.567. The number of rotatable bonds is 7. The van der Waals surface area contributed by atoms with Crippen LogP contribution in [0.5, 0.6) is 5.75 Å².